The van der Waals surface area contributed by atoms with Gasteiger partial charge in [0.05, 0.1) is 11.5 Å². The lowest BCUT2D eigenvalue weighted by Crippen LogP contribution is -2.55. The standard InChI is InChI=1S/C6H10Cl2O3.C6H12O3/c1-5(10,3-7)6(2,11)4(8)9;1-5(2,8)6(3,9)4-7/h10-11H,3H2,1-2H3;4,8-9H,1-3H3. The second-order valence-corrected chi connectivity index (χ2v) is 6.19. The summed E-state index contributed by atoms with van der Waals surface area (Å²) < 4.78 is 0. The maximum absolute atomic E-state index is 10.6. The van der Waals surface area contributed by atoms with Crippen molar-refractivity contribution in [2.45, 2.75) is 57.0 Å². The van der Waals surface area contributed by atoms with Crippen molar-refractivity contribution in [1.82, 2.24) is 0 Å². The Balaban J connectivity index is 0. The Labute approximate surface area is 128 Å². The van der Waals surface area contributed by atoms with Crippen LogP contribution in [0, 0.1) is 0 Å². The molecule has 0 aliphatic carbocycles. The minimum Gasteiger partial charge on any atom is -0.387 e. The van der Waals surface area contributed by atoms with Crippen molar-refractivity contribution >= 4 is 34.7 Å². The van der Waals surface area contributed by atoms with Gasteiger partial charge in [0, 0.05) is 0 Å². The molecule has 8 heteroatoms. The van der Waals surface area contributed by atoms with Crippen LogP contribution in [0.4, 0.5) is 0 Å². The zero-order chi connectivity index (χ0) is 17.0. The van der Waals surface area contributed by atoms with Crippen LogP contribution >= 0.6 is 23.2 Å². The Morgan fingerprint density at radius 2 is 1.40 bits per heavy atom. The number of rotatable bonds is 5. The molecule has 0 amide bonds. The lowest BCUT2D eigenvalue weighted by Gasteiger charge is -2.33. The predicted octanol–water partition coefficient (Wildman–Crippen LogP) is 0.200. The molecule has 4 N–H and O–H groups in total. The summed E-state index contributed by atoms with van der Waals surface area (Å²) in [5.74, 6) is -0.265. The van der Waals surface area contributed by atoms with E-state index in [1.807, 2.05) is 0 Å². The molecule has 120 valence electrons. The van der Waals surface area contributed by atoms with Gasteiger partial charge in [-0.2, -0.15) is 0 Å². The predicted molar refractivity (Wildman–Crippen MR) is 75.8 cm³/mol. The molecule has 0 bridgehead atoms. The molecule has 3 atom stereocenters. The molecule has 0 aromatic heterocycles. The van der Waals surface area contributed by atoms with Crippen molar-refractivity contribution in [3.63, 3.8) is 0 Å². The van der Waals surface area contributed by atoms with Gasteiger partial charge in [-0.1, -0.05) is 0 Å². The van der Waals surface area contributed by atoms with Gasteiger partial charge in [-0.3, -0.25) is 4.79 Å². The Morgan fingerprint density at radius 3 is 1.45 bits per heavy atom. The first-order valence-corrected chi connectivity index (χ1v) is 6.60. The molecule has 0 aromatic carbocycles. The van der Waals surface area contributed by atoms with Crippen molar-refractivity contribution in [3.8, 4) is 0 Å². The second-order valence-electron chi connectivity index (χ2n) is 5.58. The first-order chi connectivity index (χ1) is 8.56. The zero-order valence-electron chi connectivity index (χ0n) is 12.1. The SMILES string of the molecule is CC(C)(O)C(C)(O)C=O.CC(O)(CCl)C(C)(O)C(=O)Cl. The zero-order valence-corrected chi connectivity index (χ0v) is 13.7. The van der Waals surface area contributed by atoms with Crippen molar-refractivity contribution in [2.24, 2.45) is 0 Å². The molecule has 3 unspecified atom stereocenters. The number of hydrogen-bond acceptors (Lipinski definition) is 6. The van der Waals surface area contributed by atoms with Crippen molar-refractivity contribution in [2.75, 3.05) is 5.88 Å². The summed E-state index contributed by atoms with van der Waals surface area (Å²) >= 11 is 10.3. The summed E-state index contributed by atoms with van der Waals surface area (Å²) in [6.45, 7) is 6.37. The molecular formula is C12H22Cl2O6. The minimum absolute atomic E-state index is 0.265. The highest BCUT2D eigenvalue weighted by Crippen LogP contribution is 2.25. The Kier molecular flexibility index (Phi) is 7.89. The molecule has 6 nitrogen and oxygen atoms in total. The molecule has 0 radical (unpaired) electrons. The molecule has 0 rings (SSSR count). The molecule has 0 saturated carbocycles. The van der Waals surface area contributed by atoms with Crippen LogP contribution in [0.25, 0.3) is 0 Å². The lowest BCUT2D eigenvalue weighted by atomic mass is 9.89. The number of halogens is 2. The number of carbonyl (C=O) groups is 2. The summed E-state index contributed by atoms with van der Waals surface area (Å²) in [6.07, 6.45) is 0.326. The van der Waals surface area contributed by atoms with Gasteiger partial charge in [0.2, 0.25) is 0 Å². The van der Waals surface area contributed by atoms with E-state index in [2.05, 4.69) is 0 Å². The van der Waals surface area contributed by atoms with Crippen LogP contribution in [0.2, 0.25) is 0 Å². The maximum Gasteiger partial charge on any atom is 0.256 e. The van der Waals surface area contributed by atoms with Gasteiger partial charge in [-0.05, 0) is 46.2 Å². The lowest BCUT2D eigenvalue weighted by molar-refractivity contribution is -0.152. The molecule has 0 aliphatic rings. The summed E-state index contributed by atoms with van der Waals surface area (Å²) in [5, 5.41) is 35.7. The van der Waals surface area contributed by atoms with Gasteiger partial charge >= 0.3 is 0 Å². The molecule has 0 spiro atoms. The van der Waals surface area contributed by atoms with E-state index in [1.165, 1.54) is 27.7 Å². The fourth-order valence-electron chi connectivity index (χ4n) is 0.486. The topological polar surface area (TPSA) is 115 Å². The summed E-state index contributed by atoms with van der Waals surface area (Å²) in [5.41, 5.74) is -6.72. The van der Waals surface area contributed by atoms with Gasteiger partial charge in [-0.15, -0.1) is 11.6 Å². The molecule has 20 heavy (non-hydrogen) atoms. The molecule has 0 fully saturated rings. The van der Waals surface area contributed by atoms with E-state index < -0.39 is 27.6 Å². The maximum atomic E-state index is 10.6. The van der Waals surface area contributed by atoms with Crippen LogP contribution in [-0.2, 0) is 9.59 Å². The van der Waals surface area contributed by atoms with Crippen LogP contribution in [0.5, 0.6) is 0 Å². The van der Waals surface area contributed by atoms with E-state index in [1.54, 1.807) is 0 Å². The molecule has 0 aromatic rings. The third kappa shape index (κ3) is 5.63. The fourth-order valence-corrected chi connectivity index (χ4v) is 0.950. The number of alkyl halides is 1. The van der Waals surface area contributed by atoms with Crippen LogP contribution in [0.3, 0.4) is 0 Å². The van der Waals surface area contributed by atoms with Crippen LogP contribution in [-0.4, -0.2) is 60.2 Å². The number of aldehydes is 1. The van der Waals surface area contributed by atoms with Crippen molar-refractivity contribution in [3.05, 3.63) is 0 Å². The highest BCUT2D eigenvalue weighted by Gasteiger charge is 2.46. The normalized spacial score (nSPS) is 20.6. The third-order valence-electron chi connectivity index (χ3n) is 3.16. The first kappa shape index (κ1) is 22.0. The van der Waals surface area contributed by atoms with E-state index in [0.29, 0.717) is 6.29 Å². The number of aliphatic hydroxyl groups is 4. The van der Waals surface area contributed by atoms with E-state index in [4.69, 9.17) is 33.4 Å². The van der Waals surface area contributed by atoms with Gasteiger partial charge < -0.3 is 25.2 Å². The third-order valence-corrected chi connectivity index (χ3v) is 4.05. The van der Waals surface area contributed by atoms with Gasteiger partial charge in [0.15, 0.2) is 11.9 Å². The van der Waals surface area contributed by atoms with E-state index >= 15 is 0 Å². The van der Waals surface area contributed by atoms with Crippen LogP contribution in [0.1, 0.15) is 34.6 Å². The Hall–Kier alpha value is -0.240. The van der Waals surface area contributed by atoms with Crippen molar-refractivity contribution < 1.29 is 30.0 Å². The molecular weight excluding hydrogens is 311 g/mol. The van der Waals surface area contributed by atoms with E-state index in [9.17, 15) is 19.8 Å². The van der Waals surface area contributed by atoms with Crippen LogP contribution < -0.4 is 0 Å². The first-order valence-electron chi connectivity index (χ1n) is 5.68. The van der Waals surface area contributed by atoms with Gasteiger partial charge in [-0.25, -0.2) is 0 Å². The number of hydrogen-bond donors (Lipinski definition) is 4. The molecule has 0 heterocycles. The Bertz CT molecular complexity index is 344. The van der Waals surface area contributed by atoms with Crippen LogP contribution in [0.15, 0.2) is 0 Å². The average Bonchev–Trinajstić information content (AvgIpc) is 2.27. The highest BCUT2D eigenvalue weighted by atomic mass is 35.5. The van der Waals surface area contributed by atoms with Gasteiger partial charge in [0.1, 0.15) is 11.2 Å². The largest absolute Gasteiger partial charge is 0.387 e. The number of carbonyl (C=O) groups excluding carboxylic acids is 2. The summed E-state index contributed by atoms with van der Waals surface area (Å²) in [7, 11) is 0. The van der Waals surface area contributed by atoms with Crippen molar-refractivity contribution in [1.29, 1.82) is 0 Å². The Morgan fingerprint density at radius 1 is 1.05 bits per heavy atom. The quantitative estimate of drug-likeness (QED) is 0.325. The second kappa shape index (κ2) is 7.15. The summed E-state index contributed by atoms with van der Waals surface area (Å²) in [4.78, 5) is 20.6. The smallest absolute Gasteiger partial charge is 0.256 e. The average molecular weight is 333 g/mol. The monoisotopic (exact) mass is 332 g/mol. The molecule has 0 saturated heterocycles. The fraction of sp³-hybridized carbons (Fsp3) is 0.833. The minimum atomic E-state index is -2.00. The highest BCUT2D eigenvalue weighted by molar-refractivity contribution is 6.65. The van der Waals surface area contributed by atoms with Gasteiger partial charge in [0.25, 0.3) is 5.24 Å². The van der Waals surface area contributed by atoms with E-state index in [0.717, 1.165) is 6.92 Å². The summed E-state index contributed by atoms with van der Waals surface area (Å²) in [6, 6.07) is 0. The molecule has 0 aliphatic heterocycles. The van der Waals surface area contributed by atoms with E-state index in [-0.39, 0.29) is 5.88 Å².